The quantitative estimate of drug-likeness (QED) is 0.679. The molecule has 0 aliphatic heterocycles. The number of thiophene rings is 1. The van der Waals surface area contributed by atoms with Crippen molar-refractivity contribution in [1.82, 2.24) is 19.6 Å². The van der Waals surface area contributed by atoms with Crippen LogP contribution in [-0.2, 0) is 6.42 Å². The number of ketones is 1. The molecule has 0 unspecified atom stereocenters. The van der Waals surface area contributed by atoms with E-state index >= 15 is 0 Å². The highest BCUT2D eigenvalue weighted by Crippen LogP contribution is 2.33. The Kier molecular flexibility index (Phi) is 2.25. The zero-order valence-electron chi connectivity index (χ0n) is 9.98. The third-order valence-electron chi connectivity index (χ3n) is 3.47. The topological polar surface area (TPSA) is 60.2 Å². The van der Waals surface area contributed by atoms with Gasteiger partial charge in [0.1, 0.15) is 6.33 Å². The van der Waals surface area contributed by atoms with Crippen molar-refractivity contribution in [3.8, 4) is 0 Å². The standard InChI is InChI=1S/C13H10N4OS/c18-11-5-8(12-2-1-3-19-12)4-10-9(11)6-17-13(16-10)14-7-15-17/h1-3,6-8H,4-5H2/t8-/m0/s1. The maximum atomic E-state index is 12.3. The summed E-state index contributed by atoms with van der Waals surface area (Å²) in [4.78, 5) is 22.0. The molecule has 19 heavy (non-hydrogen) atoms. The van der Waals surface area contributed by atoms with Gasteiger partial charge in [0.2, 0.25) is 0 Å². The van der Waals surface area contributed by atoms with Crippen LogP contribution in [0.15, 0.2) is 30.0 Å². The number of Topliss-reactive ketones (excluding diaryl/α,β-unsaturated/α-hetero) is 1. The molecule has 0 radical (unpaired) electrons. The van der Waals surface area contributed by atoms with Gasteiger partial charge in [-0.3, -0.25) is 4.79 Å². The van der Waals surface area contributed by atoms with Gasteiger partial charge >= 0.3 is 0 Å². The molecule has 1 aliphatic carbocycles. The highest BCUT2D eigenvalue weighted by Gasteiger charge is 2.28. The largest absolute Gasteiger partial charge is 0.294 e. The van der Waals surface area contributed by atoms with Crippen LogP contribution >= 0.6 is 11.3 Å². The average molecular weight is 270 g/mol. The van der Waals surface area contributed by atoms with E-state index in [1.54, 1.807) is 22.0 Å². The fourth-order valence-corrected chi connectivity index (χ4v) is 3.38. The fourth-order valence-electron chi connectivity index (χ4n) is 2.55. The summed E-state index contributed by atoms with van der Waals surface area (Å²) in [6.45, 7) is 0. The number of hydrogen-bond acceptors (Lipinski definition) is 5. The third-order valence-corrected chi connectivity index (χ3v) is 4.50. The Bertz CT molecular complexity index is 762. The molecule has 0 amide bonds. The predicted octanol–water partition coefficient (Wildman–Crippen LogP) is 2.10. The Morgan fingerprint density at radius 2 is 2.32 bits per heavy atom. The normalized spacial score (nSPS) is 18.7. The lowest BCUT2D eigenvalue weighted by atomic mass is 9.86. The van der Waals surface area contributed by atoms with Gasteiger partial charge in [-0.1, -0.05) is 6.07 Å². The van der Waals surface area contributed by atoms with E-state index in [-0.39, 0.29) is 11.7 Å². The van der Waals surface area contributed by atoms with E-state index in [0.29, 0.717) is 17.8 Å². The molecule has 0 fully saturated rings. The third kappa shape index (κ3) is 1.67. The van der Waals surface area contributed by atoms with E-state index in [1.165, 1.54) is 11.2 Å². The number of fused-ring (bicyclic) bond motifs is 2. The van der Waals surface area contributed by atoms with Crippen LogP contribution in [0, 0.1) is 0 Å². The molecular formula is C13H10N4OS. The number of aromatic nitrogens is 4. The van der Waals surface area contributed by atoms with E-state index in [4.69, 9.17) is 0 Å². The van der Waals surface area contributed by atoms with Crippen LogP contribution in [-0.4, -0.2) is 25.4 Å². The summed E-state index contributed by atoms with van der Waals surface area (Å²) < 4.78 is 1.56. The average Bonchev–Trinajstić information content (AvgIpc) is 3.07. The van der Waals surface area contributed by atoms with Crippen LogP contribution < -0.4 is 0 Å². The smallest absolute Gasteiger partial charge is 0.252 e. The van der Waals surface area contributed by atoms with Gasteiger partial charge < -0.3 is 0 Å². The molecular weight excluding hydrogens is 260 g/mol. The Morgan fingerprint density at radius 3 is 3.16 bits per heavy atom. The van der Waals surface area contributed by atoms with Crippen LogP contribution in [0.1, 0.15) is 33.3 Å². The fraction of sp³-hybridized carbons (Fsp3) is 0.231. The van der Waals surface area contributed by atoms with Gasteiger partial charge in [-0.25, -0.2) is 9.50 Å². The van der Waals surface area contributed by atoms with E-state index in [9.17, 15) is 4.79 Å². The monoisotopic (exact) mass is 270 g/mol. The van der Waals surface area contributed by atoms with Crippen molar-refractivity contribution in [2.24, 2.45) is 0 Å². The van der Waals surface area contributed by atoms with Gasteiger partial charge in [-0.15, -0.1) is 11.3 Å². The van der Waals surface area contributed by atoms with Gasteiger partial charge in [0.05, 0.1) is 11.3 Å². The number of hydrogen-bond donors (Lipinski definition) is 0. The van der Waals surface area contributed by atoms with Gasteiger partial charge in [-0.05, 0) is 17.9 Å². The van der Waals surface area contributed by atoms with Crippen LogP contribution in [0.25, 0.3) is 5.78 Å². The molecule has 0 saturated heterocycles. The van der Waals surface area contributed by atoms with Crippen molar-refractivity contribution in [3.05, 3.63) is 46.2 Å². The Morgan fingerprint density at radius 1 is 1.37 bits per heavy atom. The predicted molar refractivity (Wildman–Crippen MR) is 70.5 cm³/mol. The van der Waals surface area contributed by atoms with E-state index < -0.39 is 0 Å². The first-order valence-electron chi connectivity index (χ1n) is 6.07. The summed E-state index contributed by atoms with van der Waals surface area (Å²) in [6.07, 6.45) is 4.55. The Hall–Kier alpha value is -2.08. The van der Waals surface area contributed by atoms with Crippen LogP contribution in [0.4, 0.5) is 0 Å². The van der Waals surface area contributed by atoms with Crippen LogP contribution in [0.3, 0.4) is 0 Å². The molecule has 0 N–H and O–H groups in total. The first-order valence-corrected chi connectivity index (χ1v) is 6.95. The Balaban J connectivity index is 1.82. The summed E-state index contributed by atoms with van der Waals surface area (Å²) >= 11 is 1.70. The summed E-state index contributed by atoms with van der Waals surface area (Å²) in [5, 5.41) is 6.07. The van der Waals surface area contributed by atoms with E-state index in [2.05, 4.69) is 21.1 Å². The second kappa shape index (κ2) is 3.96. The molecule has 0 bridgehead atoms. The van der Waals surface area contributed by atoms with Crippen molar-refractivity contribution >= 4 is 22.9 Å². The maximum absolute atomic E-state index is 12.3. The molecule has 3 heterocycles. The highest BCUT2D eigenvalue weighted by atomic mass is 32.1. The second-order valence-corrected chi connectivity index (χ2v) is 5.63. The molecule has 6 heteroatoms. The molecule has 0 aromatic carbocycles. The van der Waals surface area contributed by atoms with Crippen LogP contribution in [0.2, 0.25) is 0 Å². The summed E-state index contributed by atoms with van der Waals surface area (Å²) in [5.74, 6) is 0.945. The SMILES string of the molecule is O=C1C[C@@H](c2cccs2)Cc2nc3ncnn3cc21. The second-order valence-electron chi connectivity index (χ2n) is 4.65. The minimum Gasteiger partial charge on any atom is -0.294 e. The minimum atomic E-state index is 0.143. The number of nitrogens with zero attached hydrogens (tertiary/aromatic N) is 4. The number of carbonyl (C=O) groups is 1. The Labute approximate surface area is 112 Å². The lowest BCUT2D eigenvalue weighted by Crippen LogP contribution is -2.20. The first kappa shape index (κ1) is 10.8. The van der Waals surface area contributed by atoms with E-state index in [1.807, 2.05) is 11.4 Å². The molecule has 5 nitrogen and oxygen atoms in total. The number of carbonyl (C=O) groups excluding carboxylic acids is 1. The molecule has 1 atom stereocenters. The highest BCUT2D eigenvalue weighted by molar-refractivity contribution is 7.10. The summed E-state index contributed by atoms with van der Waals surface area (Å²) in [7, 11) is 0. The molecule has 3 aromatic heterocycles. The van der Waals surface area contributed by atoms with Crippen molar-refractivity contribution in [3.63, 3.8) is 0 Å². The van der Waals surface area contributed by atoms with E-state index in [0.717, 1.165) is 12.1 Å². The lowest BCUT2D eigenvalue weighted by Gasteiger charge is -2.21. The van der Waals surface area contributed by atoms with Crippen molar-refractivity contribution < 1.29 is 4.79 Å². The van der Waals surface area contributed by atoms with Crippen molar-refractivity contribution in [1.29, 1.82) is 0 Å². The zero-order chi connectivity index (χ0) is 12.8. The molecule has 0 spiro atoms. The van der Waals surface area contributed by atoms with Crippen molar-refractivity contribution in [2.45, 2.75) is 18.8 Å². The minimum absolute atomic E-state index is 0.143. The van der Waals surface area contributed by atoms with Gasteiger partial charge in [0.15, 0.2) is 5.78 Å². The summed E-state index contributed by atoms with van der Waals surface area (Å²) in [5.41, 5.74) is 1.53. The maximum Gasteiger partial charge on any atom is 0.252 e. The number of rotatable bonds is 1. The molecule has 4 rings (SSSR count). The molecule has 3 aromatic rings. The van der Waals surface area contributed by atoms with Gasteiger partial charge in [0.25, 0.3) is 5.78 Å². The van der Waals surface area contributed by atoms with Crippen molar-refractivity contribution in [2.75, 3.05) is 0 Å². The van der Waals surface area contributed by atoms with Crippen LogP contribution in [0.5, 0.6) is 0 Å². The zero-order valence-corrected chi connectivity index (χ0v) is 10.8. The van der Waals surface area contributed by atoms with Gasteiger partial charge in [-0.2, -0.15) is 10.1 Å². The summed E-state index contributed by atoms with van der Waals surface area (Å²) in [6, 6.07) is 4.11. The lowest BCUT2D eigenvalue weighted by molar-refractivity contribution is 0.0963. The molecule has 94 valence electrons. The molecule has 0 saturated carbocycles. The van der Waals surface area contributed by atoms with Gasteiger partial charge in [0, 0.05) is 23.4 Å². The molecule has 1 aliphatic rings. The first-order chi connectivity index (χ1) is 9.31.